The Hall–Kier alpha value is -5.05. The normalized spacial score (nSPS) is 11.0. The molecule has 8 aromatic rings. The Bertz CT molecular complexity index is 2600. The minimum absolute atomic E-state index is 0.128. The van der Waals surface area contributed by atoms with E-state index in [1.807, 2.05) is 38.5 Å². The Kier molecular flexibility index (Phi) is 10.8. The molecular weight excluding hydrogens is 814 g/mol. The summed E-state index contributed by atoms with van der Waals surface area (Å²) < 4.78 is 44.5. The third kappa shape index (κ3) is 7.98. The van der Waals surface area contributed by atoms with E-state index in [1.54, 1.807) is 58.3 Å². The van der Waals surface area contributed by atoms with E-state index in [-0.39, 0.29) is 35.2 Å². The van der Waals surface area contributed by atoms with Crippen molar-refractivity contribution in [2.24, 2.45) is 14.1 Å². The van der Waals surface area contributed by atoms with Gasteiger partial charge in [-0.25, -0.2) is 8.78 Å². The fourth-order valence-corrected chi connectivity index (χ4v) is 6.30. The highest BCUT2D eigenvalue weighted by atomic mass is 79.9. The van der Waals surface area contributed by atoms with Crippen molar-refractivity contribution in [3.63, 3.8) is 0 Å². The summed E-state index contributed by atoms with van der Waals surface area (Å²) >= 11 is 12.2. The molecule has 0 radical (unpaired) electrons. The van der Waals surface area contributed by atoms with E-state index in [9.17, 15) is 18.4 Å². The maximum absolute atomic E-state index is 14.5. The lowest BCUT2D eigenvalue weighted by atomic mass is 10.1. The number of aromatic amines is 1. The average molecular weight is 841 g/mol. The average Bonchev–Trinajstić information content (AvgIpc) is 3.95. The number of halogens is 5. The van der Waals surface area contributed by atoms with Crippen LogP contribution in [-0.4, -0.2) is 29.1 Å². The van der Waals surface area contributed by atoms with Crippen molar-refractivity contribution in [1.29, 1.82) is 0 Å². The molecule has 8 rings (SSSR count). The van der Waals surface area contributed by atoms with Gasteiger partial charge in [0.15, 0.2) is 11.2 Å². The lowest BCUT2D eigenvalue weighted by Gasteiger charge is -2.09. The highest BCUT2D eigenvalue weighted by molar-refractivity contribution is 9.11. The van der Waals surface area contributed by atoms with Gasteiger partial charge in [0, 0.05) is 61.1 Å². The molecule has 0 aliphatic rings. The molecule has 0 aliphatic carbocycles. The lowest BCUT2D eigenvalue weighted by molar-refractivity contribution is 0.594. The third-order valence-corrected chi connectivity index (χ3v) is 9.15. The molecule has 0 saturated heterocycles. The second-order valence-corrected chi connectivity index (χ2v) is 13.2. The monoisotopic (exact) mass is 838 g/mol. The minimum atomic E-state index is -0.376. The topological polar surface area (TPSA) is 117 Å². The van der Waals surface area contributed by atoms with Crippen LogP contribution in [0.1, 0.15) is 11.1 Å². The Morgan fingerprint density at radius 3 is 1.82 bits per heavy atom. The van der Waals surface area contributed by atoms with E-state index >= 15 is 0 Å². The molecule has 0 atom stereocenters. The highest BCUT2D eigenvalue weighted by Crippen LogP contribution is 2.25. The molecule has 0 amide bonds. The van der Waals surface area contributed by atoms with Gasteiger partial charge in [-0.1, -0.05) is 24.3 Å². The summed E-state index contributed by atoms with van der Waals surface area (Å²) in [6.07, 6.45) is 9.75. The fourth-order valence-electron chi connectivity index (χ4n) is 5.11. The van der Waals surface area contributed by atoms with Crippen LogP contribution < -0.4 is 11.1 Å². The van der Waals surface area contributed by atoms with Crippen LogP contribution in [0.15, 0.2) is 125 Å². The van der Waals surface area contributed by atoms with Crippen LogP contribution in [-0.2, 0) is 26.5 Å². The maximum Gasteiger partial charge on any atom is 0.262 e. The molecule has 6 heterocycles. The molecule has 0 bridgehead atoms. The minimum Gasteiger partial charge on any atom is -0.463 e. The molecule has 1 N–H and O–H groups in total. The van der Waals surface area contributed by atoms with Gasteiger partial charge in [0.1, 0.15) is 11.6 Å². The number of H-pyrrole nitrogens is 1. The summed E-state index contributed by atoms with van der Waals surface area (Å²) in [5.41, 5.74) is 4.60. The number of aromatic nitrogens is 6. The smallest absolute Gasteiger partial charge is 0.262 e. The van der Waals surface area contributed by atoms with Crippen molar-refractivity contribution in [3.05, 3.63) is 150 Å². The van der Waals surface area contributed by atoms with E-state index in [0.717, 1.165) is 15.7 Å². The van der Waals surface area contributed by atoms with Crippen molar-refractivity contribution in [1.82, 2.24) is 29.1 Å². The Morgan fingerprint density at radius 2 is 1.31 bits per heavy atom. The SMILES string of the molecule is Cn1ccc(-c2ccc(CCl)c(F)c2)n1.Cn1ccc(-c2ccc(Cn3cc(Br)c4occc4c3=O)c(F)c2)n1.O=c1[nH]cc(Br)c2occc12. The van der Waals surface area contributed by atoms with Gasteiger partial charge in [0.2, 0.25) is 0 Å². The van der Waals surface area contributed by atoms with Gasteiger partial charge in [-0.3, -0.25) is 19.0 Å². The second-order valence-electron chi connectivity index (χ2n) is 11.2. The van der Waals surface area contributed by atoms with E-state index < -0.39 is 0 Å². The predicted octanol–water partition coefficient (Wildman–Crippen LogP) is 8.79. The summed E-state index contributed by atoms with van der Waals surface area (Å²) in [5.74, 6) is -0.472. The number of pyridine rings is 2. The van der Waals surface area contributed by atoms with Crippen LogP contribution in [0.3, 0.4) is 0 Å². The molecule has 0 fully saturated rings. The van der Waals surface area contributed by atoms with E-state index in [1.165, 1.54) is 29.2 Å². The third-order valence-electron chi connectivity index (χ3n) is 7.71. The van der Waals surface area contributed by atoms with Crippen LogP contribution in [0.4, 0.5) is 8.78 Å². The van der Waals surface area contributed by atoms with Gasteiger partial charge in [-0.05, 0) is 68.3 Å². The number of alkyl halides is 1. The van der Waals surface area contributed by atoms with Crippen LogP contribution in [0.2, 0.25) is 0 Å². The number of fused-ring (bicyclic) bond motifs is 2. The summed E-state index contributed by atoms with van der Waals surface area (Å²) in [6.45, 7) is 0.132. The molecule has 2 aromatic carbocycles. The van der Waals surface area contributed by atoms with Crippen molar-refractivity contribution in [2.75, 3.05) is 0 Å². The molecule has 15 heteroatoms. The van der Waals surface area contributed by atoms with E-state index in [0.29, 0.717) is 48.8 Å². The molecule has 0 unspecified atom stereocenters. The quantitative estimate of drug-likeness (QED) is 0.173. The zero-order valence-electron chi connectivity index (χ0n) is 26.9. The molecular formula is C36H27Br2ClF2N6O4. The standard InChI is InChI=1S/C18H13BrFN3O2.C11H10ClFN2.C7H4BrNO2/c1-22-6-4-16(21-22)11-2-3-12(15(20)8-11)9-23-10-14(19)17-13(18(23)24)5-7-25-17;1-15-5-4-11(14-15)8-2-3-9(7-12)10(13)6-8;8-5-3-9-7(10)4-1-2-11-6(4)5/h2-8,10H,9H2,1H3;2-6H,7H2,1H3;1-3H,(H,9,10). The first-order chi connectivity index (χ1) is 24.5. The van der Waals surface area contributed by atoms with E-state index in [4.69, 9.17) is 20.4 Å². The van der Waals surface area contributed by atoms with Crippen LogP contribution in [0.25, 0.3) is 44.5 Å². The van der Waals surface area contributed by atoms with Gasteiger partial charge >= 0.3 is 0 Å². The molecule has 0 saturated carbocycles. The van der Waals surface area contributed by atoms with Crippen molar-refractivity contribution in [3.8, 4) is 22.5 Å². The molecule has 10 nitrogen and oxygen atoms in total. The zero-order chi connectivity index (χ0) is 36.2. The second kappa shape index (κ2) is 15.5. The number of aryl methyl sites for hydroxylation is 2. The first kappa shape index (κ1) is 35.8. The van der Waals surface area contributed by atoms with Gasteiger partial charge in [-0.15, -0.1) is 11.6 Å². The molecule has 260 valence electrons. The van der Waals surface area contributed by atoms with Gasteiger partial charge in [0.05, 0.1) is 56.1 Å². The molecule has 0 spiro atoms. The first-order valence-corrected chi connectivity index (χ1v) is 17.3. The highest BCUT2D eigenvalue weighted by Gasteiger charge is 2.13. The number of furan rings is 2. The molecule has 6 aromatic heterocycles. The van der Waals surface area contributed by atoms with Gasteiger partial charge in [-0.2, -0.15) is 10.2 Å². The summed E-state index contributed by atoms with van der Waals surface area (Å²) in [5, 5.41) is 9.49. The lowest BCUT2D eigenvalue weighted by Crippen LogP contribution is -2.20. The zero-order valence-corrected chi connectivity index (χ0v) is 30.8. The summed E-state index contributed by atoms with van der Waals surface area (Å²) in [4.78, 5) is 26.1. The largest absolute Gasteiger partial charge is 0.463 e. The molecule has 0 aliphatic heterocycles. The molecule has 51 heavy (non-hydrogen) atoms. The Balaban J connectivity index is 0.000000146. The van der Waals surface area contributed by atoms with Crippen LogP contribution in [0, 0.1) is 11.6 Å². The number of hydrogen-bond donors (Lipinski definition) is 1. The van der Waals surface area contributed by atoms with E-state index in [2.05, 4.69) is 47.0 Å². The van der Waals surface area contributed by atoms with Gasteiger partial charge in [0.25, 0.3) is 11.1 Å². The maximum atomic E-state index is 14.5. The fraction of sp³-hybridized carbons (Fsp3) is 0.111. The van der Waals surface area contributed by atoms with Crippen LogP contribution in [0.5, 0.6) is 0 Å². The van der Waals surface area contributed by atoms with Gasteiger partial charge < -0.3 is 18.4 Å². The predicted molar refractivity (Wildman–Crippen MR) is 199 cm³/mol. The van der Waals surface area contributed by atoms with Crippen molar-refractivity contribution in [2.45, 2.75) is 12.4 Å². The van der Waals surface area contributed by atoms with Crippen molar-refractivity contribution >= 4 is 65.4 Å². The summed E-state index contributed by atoms with van der Waals surface area (Å²) in [6, 6.07) is 16.8. The Morgan fingerprint density at radius 1 is 0.765 bits per heavy atom. The van der Waals surface area contributed by atoms with Crippen molar-refractivity contribution < 1.29 is 17.6 Å². The number of hydrogen-bond acceptors (Lipinski definition) is 6. The number of benzene rings is 2. The number of rotatable bonds is 5. The first-order valence-electron chi connectivity index (χ1n) is 15.2. The number of nitrogens with one attached hydrogen (secondary N) is 1. The summed E-state index contributed by atoms with van der Waals surface area (Å²) in [7, 11) is 3.64. The van der Waals surface area contributed by atoms with Crippen LogP contribution >= 0.6 is 43.5 Å². The Labute approximate surface area is 310 Å². The number of nitrogens with zero attached hydrogens (tertiary/aromatic N) is 5.